The molecule has 2 amide bonds. The normalized spacial score (nSPS) is 14.1. The van der Waals surface area contributed by atoms with Crippen molar-refractivity contribution < 1.29 is 14.0 Å². The van der Waals surface area contributed by atoms with E-state index >= 15 is 0 Å². The van der Waals surface area contributed by atoms with Gasteiger partial charge in [0.25, 0.3) is 11.8 Å². The molecule has 156 valence electrons. The predicted molar refractivity (Wildman–Crippen MR) is 123 cm³/mol. The van der Waals surface area contributed by atoms with Crippen molar-refractivity contribution in [1.82, 2.24) is 5.32 Å². The third-order valence-electron chi connectivity index (χ3n) is 4.74. The van der Waals surface area contributed by atoms with Crippen LogP contribution >= 0.6 is 23.4 Å². The largest absolute Gasteiger partial charge is 0.352 e. The van der Waals surface area contributed by atoms with Gasteiger partial charge in [0.1, 0.15) is 5.82 Å². The van der Waals surface area contributed by atoms with Crippen LogP contribution in [0.15, 0.2) is 76.5 Å². The van der Waals surface area contributed by atoms with Crippen LogP contribution in [0.1, 0.15) is 21.5 Å². The molecule has 3 aromatic carbocycles. The van der Waals surface area contributed by atoms with E-state index < -0.39 is 0 Å². The molecule has 4 rings (SSSR count). The number of carbonyl (C=O) groups excluding carboxylic acids is 2. The molecule has 7 heteroatoms. The van der Waals surface area contributed by atoms with E-state index in [9.17, 15) is 14.0 Å². The van der Waals surface area contributed by atoms with Crippen molar-refractivity contribution in [2.75, 3.05) is 11.9 Å². The van der Waals surface area contributed by atoms with Gasteiger partial charge in [-0.3, -0.25) is 9.59 Å². The number of carbonyl (C=O) groups is 2. The number of thioether (sulfide) groups is 1. The van der Waals surface area contributed by atoms with Gasteiger partial charge in [-0.05, 0) is 54.5 Å². The van der Waals surface area contributed by atoms with Crippen LogP contribution in [0.5, 0.6) is 0 Å². The topological polar surface area (TPSA) is 58.2 Å². The molecule has 0 radical (unpaired) electrons. The number of rotatable bonds is 5. The van der Waals surface area contributed by atoms with Crippen LogP contribution in [0.2, 0.25) is 5.02 Å². The van der Waals surface area contributed by atoms with Gasteiger partial charge in [0.05, 0.1) is 10.6 Å². The van der Waals surface area contributed by atoms with Crippen LogP contribution in [0, 0.1) is 5.82 Å². The molecule has 0 saturated heterocycles. The lowest BCUT2D eigenvalue weighted by molar-refractivity contribution is -0.112. The first-order valence-electron chi connectivity index (χ1n) is 9.62. The number of anilines is 1. The maximum atomic E-state index is 13.9. The van der Waals surface area contributed by atoms with Crippen molar-refractivity contribution >= 4 is 46.9 Å². The Labute approximate surface area is 188 Å². The number of halogens is 2. The quantitative estimate of drug-likeness (QED) is 0.500. The second-order valence-electron chi connectivity index (χ2n) is 6.93. The smallest absolute Gasteiger partial charge is 0.262 e. The molecule has 0 aromatic heterocycles. The summed E-state index contributed by atoms with van der Waals surface area (Å²) in [5.41, 5.74) is 2.44. The average molecular weight is 453 g/mol. The second kappa shape index (κ2) is 9.37. The minimum atomic E-state index is -0.389. The molecule has 1 aliphatic rings. The molecule has 1 heterocycles. The number of benzene rings is 3. The Hall–Kier alpha value is -3.09. The predicted octanol–water partition coefficient (Wildman–Crippen LogP) is 5.54. The minimum absolute atomic E-state index is 0.219. The van der Waals surface area contributed by atoms with Gasteiger partial charge < -0.3 is 10.6 Å². The standard InChI is InChI=1S/C24H18ClFN2O2S/c25-18-8-5-15(6-9-18)11-12-27-23(29)17-7-10-21-20(13-17)28-24(30)22(31-21)14-16-3-1-2-4-19(16)26/h1-10,13-14H,11-12H2,(H,27,29)(H,28,30). The lowest BCUT2D eigenvalue weighted by Gasteiger charge is -2.19. The van der Waals surface area contributed by atoms with Crippen LogP contribution in [0.3, 0.4) is 0 Å². The van der Waals surface area contributed by atoms with Gasteiger partial charge in [-0.25, -0.2) is 4.39 Å². The van der Waals surface area contributed by atoms with Gasteiger partial charge in [-0.1, -0.05) is 53.7 Å². The summed E-state index contributed by atoms with van der Waals surface area (Å²) in [5, 5.41) is 6.35. The highest BCUT2D eigenvalue weighted by Gasteiger charge is 2.22. The summed E-state index contributed by atoms with van der Waals surface area (Å²) in [6.07, 6.45) is 2.21. The van der Waals surface area contributed by atoms with Gasteiger partial charge in [-0.2, -0.15) is 0 Å². The Kier molecular flexibility index (Phi) is 6.39. The van der Waals surface area contributed by atoms with Gasteiger partial charge in [0, 0.05) is 27.6 Å². The maximum absolute atomic E-state index is 13.9. The molecule has 0 bridgehead atoms. The van der Waals surface area contributed by atoms with E-state index in [-0.39, 0.29) is 17.6 Å². The molecular formula is C24H18ClFN2O2S. The third-order valence-corrected chi connectivity index (χ3v) is 6.09. The number of nitrogens with one attached hydrogen (secondary N) is 2. The highest BCUT2D eigenvalue weighted by Crippen LogP contribution is 2.39. The number of hydrogen-bond donors (Lipinski definition) is 2. The summed E-state index contributed by atoms with van der Waals surface area (Å²) >= 11 is 7.12. The Morgan fingerprint density at radius 2 is 1.87 bits per heavy atom. The van der Waals surface area contributed by atoms with E-state index in [0.29, 0.717) is 39.7 Å². The highest BCUT2D eigenvalue weighted by molar-refractivity contribution is 8.04. The summed E-state index contributed by atoms with van der Waals surface area (Å²) in [4.78, 5) is 26.1. The van der Waals surface area contributed by atoms with Crippen molar-refractivity contribution in [3.05, 3.63) is 99.2 Å². The number of amides is 2. The van der Waals surface area contributed by atoms with Crippen molar-refractivity contribution in [3.8, 4) is 0 Å². The molecule has 0 fully saturated rings. The van der Waals surface area contributed by atoms with Crippen molar-refractivity contribution in [2.24, 2.45) is 0 Å². The van der Waals surface area contributed by atoms with Crippen molar-refractivity contribution in [1.29, 1.82) is 0 Å². The highest BCUT2D eigenvalue weighted by atomic mass is 35.5. The van der Waals surface area contributed by atoms with Crippen LogP contribution < -0.4 is 10.6 Å². The molecule has 0 unspecified atom stereocenters. The van der Waals surface area contributed by atoms with E-state index in [1.807, 2.05) is 24.3 Å². The summed E-state index contributed by atoms with van der Waals surface area (Å²) in [5.74, 6) is -0.940. The third kappa shape index (κ3) is 5.16. The average Bonchev–Trinajstić information content (AvgIpc) is 2.76. The summed E-state index contributed by atoms with van der Waals surface area (Å²) in [6.45, 7) is 0.480. The minimum Gasteiger partial charge on any atom is -0.352 e. The second-order valence-corrected chi connectivity index (χ2v) is 8.45. The lowest BCUT2D eigenvalue weighted by atomic mass is 10.1. The molecule has 4 nitrogen and oxygen atoms in total. The molecular weight excluding hydrogens is 435 g/mol. The zero-order valence-corrected chi connectivity index (χ0v) is 17.9. The molecule has 0 aliphatic carbocycles. The summed E-state index contributed by atoms with van der Waals surface area (Å²) in [7, 11) is 0. The number of fused-ring (bicyclic) bond motifs is 1. The van der Waals surface area contributed by atoms with Gasteiger partial charge in [0.2, 0.25) is 0 Å². The van der Waals surface area contributed by atoms with Crippen LogP contribution in [0.4, 0.5) is 10.1 Å². The molecule has 0 saturated carbocycles. The van der Waals surface area contributed by atoms with Crippen molar-refractivity contribution in [2.45, 2.75) is 11.3 Å². The first-order chi connectivity index (χ1) is 15.0. The van der Waals surface area contributed by atoms with E-state index in [4.69, 9.17) is 11.6 Å². The van der Waals surface area contributed by atoms with Crippen LogP contribution in [-0.2, 0) is 11.2 Å². The Morgan fingerprint density at radius 1 is 1.10 bits per heavy atom. The molecule has 0 atom stereocenters. The van der Waals surface area contributed by atoms with Crippen LogP contribution in [0.25, 0.3) is 6.08 Å². The first-order valence-corrected chi connectivity index (χ1v) is 10.8. The van der Waals surface area contributed by atoms with Gasteiger partial charge >= 0.3 is 0 Å². The summed E-state index contributed by atoms with van der Waals surface area (Å²) in [6, 6.07) is 18.9. The van der Waals surface area contributed by atoms with Crippen LogP contribution in [-0.4, -0.2) is 18.4 Å². The maximum Gasteiger partial charge on any atom is 0.262 e. The van der Waals surface area contributed by atoms with Crippen molar-refractivity contribution in [3.63, 3.8) is 0 Å². The zero-order chi connectivity index (χ0) is 21.8. The SMILES string of the molecule is O=C1Nc2cc(C(=O)NCCc3ccc(Cl)cc3)ccc2SC1=Cc1ccccc1F. The molecule has 31 heavy (non-hydrogen) atoms. The number of hydrogen-bond acceptors (Lipinski definition) is 3. The molecule has 2 N–H and O–H groups in total. The fourth-order valence-electron chi connectivity index (χ4n) is 3.11. The Balaban J connectivity index is 1.42. The van der Waals surface area contributed by atoms with Gasteiger partial charge in [0.15, 0.2) is 0 Å². The first kappa shape index (κ1) is 21.2. The van der Waals surface area contributed by atoms with Gasteiger partial charge in [-0.15, -0.1) is 0 Å². The van der Waals surface area contributed by atoms with E-state index in [0.717, 1.165) is 10.5 Å². The summed E-state index contributed by atoms with van der Waals surface area (Å²) < 4.78 is 13.9. The molecule has 1 aliphatic heterocycles. The monoisotopic (exact) mass is 452 g/mol. The zero-order valence-electron chi connectivity index (χ0n) is 16.3. The Morgan fingerprint density at radius 3 is 2.65 bits per heavy atom. The van der Waals surface area contributed by atoms with E-state index in [1.54, 1.807) is 36.4 Å². The lowest BCUT2D eigenvalue weighted by Crippen LogP contribution is -2.26. The Bertz CT molecular complexity index is 1180. The fourth-order valence-corrected chi connectivity index (χ4v) is 4.16. The molecule has 3 aromatic rings. The van der Waals surface area contributed by atoms with E-state index in [1.165, 1.54) is 23.9 Å². The molecule has 0 spiro atoms. The fraction of sp³-hybridized carbons (Fsp3) is 0.0833. The van der Waals surface area contributed by atoms with E-state index in [2.05, 4.69) is 10.6 Å².